The lowest BCUT2D eigenvalue weighted by Gasteiger charge is -2.09. The van der Waals surface area contributed by atoms with Crippen LogP contribution in [-0.4, -0.2) is 13.0 Å². The fourth-order valence-electron chi connectivity index (χ4n) is 1.93. The maximum atomic E-state index is 12.3. The van der Waals surface area contributed by atoms with E-state index in [1.165, 1.54) is 13.2 Å². The van der Waals surface area contributed by atoms with Gasteiger partial charge in [0.05, 0.1) is 11.6 Å². The van der Waals surface area contributed by atoms with Crippen LogP contribution in [-0.2, 0) is 4.79 Å². The Morgan fingerprint density at radius 3 is 2.57 bits per heavy atom. The summed E-state index contributed by atoms with van der Waals surface area (Å²) in [4.78, 5) is 12.3. The molecule has 0 bridgehead atoms. The van der Waals surface area contributed by atoms with Gasteiger partial charge < -0.3 is 10.1 Å². The number of halogens is 2. The molecule has 1 amide bonds. The second-order valence-electron chi connectivity index (χ2n) is 4.50. The molecule has 0 saturated heterocycles. The summed E-state index contributed by atoms with van der Waals surface area (Å²) in [7, 11) is 1.53. The summed E-state index contributed by atoms with van der Waals surface area (Å²) in [6.07, 6.45) is 1.49. The second-order valence-corrected chi connectivity index (χ2v) is 6.27. The van der Waals surface area contributed by atoms with Crippen LogP contribution in [0.15, 0.2) is 57.0 Å². The predicted octanol–water partition coefficient (Wildman–Crippen LogP) is 4.77. The standard InChI is InChI=1S/C17H12Br2N2O2/c1-23-16-11(8-13(18)9-15(16)19)7-12(10-20)17(22)21-14-5-3-2-4-6-14/h2-9H,1H3,(H,21,22)/b12-7+. The van der Waals surface area contributed by atoms with Crippen molar-refractivity contribution in [3.63, 3.8) is 0 Å². The van der Waals surface area contributed by atoms with Crippen molar-refractivity contribution in [2.75, 3.05) is 12.4 Å². The van der Waals surface area contributed by atoms with E-state index in [-0.39, 0.29) is 5.57 Å². The summed E-state index contributed by atoms with van der Waals surface area (Å²) >= 11 is 6.77. The van der Waals surface area contributed by atoms with E-state index in [1.54, 1.807) is 30.3 Å². The Morgan fingerprint density at radius 2 is 1.96 bits per heavy atom. The summed E-state index contributed by atoms with van der Waals surface area (Å²) in [5.74, 6) is 0.0744. The Kier molecular flexibility index (Phi) is 5.97. The molecule has 2 rings (SSSR count). The fourth-order valence-corrected chi connectivity index (χ4v) is 3.35. The van der Waals surface area contributed by atoms with Gasteiger partial charge in [-0.25, -0.2) is 0 Å². The van der Waals surface area contributed by atoms with Crippen molar-refractivity contribution in [1.82, 2.24) is 0 Å². The minimum Gasteiger partial charge on any atom is -0.495 e. The average Bonchev–Trinajstić information content (AvgIpc) is 2.53. The Morgan fingerprint density at radius 1 is 1.26 bits per heavy atom. The molecule has 0 fully saturated rings. The molecule has 0 aliphatic carbocycles. The molecule has 4 nitrogen and oxygen atoms in total. The highest BCUT2D eigenvalue weighted by Gasteiger charge is 2.13. The van der Waals surface area contributed by atoms with E-state index in [2.05, 4.69) is 37.2 Å². The lowest BCUT2D eigenvalue weighted by atomic mass is 10.1. The van der Waals surface area contributed by atoms with Gasteiger partial charge in [-0.05, 0) is 46.3 Å². The van der Waals surface area contributed by atoms with Gasteiger partial charge in [0, 0.05) is 15.7 Å². The third kappa shape index (κ3) is 4.44. The van der Waals surface area contributed by atoms with E-state index in [9.17, 15) is 10.1 Å². The number of benzene rings is 2. The number of hydrogen-bond donors (Lipinski definition) is 1. The van der Waals surface area contributed by atoms with Crippen LogP contribution in [0.5, 0.6) is 5.75 Å². The Balaban J connectivity index is 2.36. The normalized spacial score (nSPS) is 10.8. The van der Waals surface area contributed by atoms with Gasteiger partial charge in [0.2, 0.25) is 0 Å². The number of amides is 1. The molecule has 0 heterocycles. The van der Waals surface area contributed by atoms with E-state index in [4.69, 9.17) is 4.74 Å². The molecule has 0 saturated carbocycles. The molecule has 116 valence electrons. The molecule has 2 aromatic rings. The largest absolute Gasteiger partial charge is 0.495 e. The zero-order valence-corrected chi connectivity index (χ0v) is 15.3. The lowest BCUT2D eigenvalue weighted by molar-refractivity contribution is -0.112. The molecule has 0 aromatic heterocycles. The van der Waals surface area contributed by atoms with Crippen molar-refractivity contribution < 1.29 is 9.53 Å². The molecule has 0 radical (unpaired) electrons. The van der Waals surface area contributed by atoms with Gasteiger partial charge >= 0.3 is 0 Å². The van der Waals surface area contributed by atoms with Crippen LogP contribution in [0.25, 0.3) is 6.08 Å². The first-order chi connectivity index (χ1) is 11.0. The summed E-state index contributed by atoms with van der Waals surface area (Å²) in [5.41, 5.74) is 1.23. The van der Waals surface area contributed by atoms with Gasteiger partial charge in [0.1, 0.15) is 17.4 Å². The molecular weight excluding hydrogens is 424 g/mol. The Hall–Kier alpha value is -2.10. The van der Waals surface area contributed by atoms with E-state index in [1.807, 2.05) is 18.2 Å². The SMILES string of the molecule is COc1c(Br)cc(Br)cc1/C=C(\C#N)C(=O)Nc1ccccc1. The lowest BCUT2D eigenvalue weighted by Crippen LogP contribution is -2.13. The van der Waals surface area contributed by atoms with Crippen LogP contribution in [0.1, 0.15) is 5.56 Å². The molecule has 1 N–H and O–H groups in total. The molecular formula is C17H12Br2N2O2. The topological polar surface area (TPSA) is 62.1 Å². The van der Waals surface area contributed by atoms with Crippen LogP contribution in [0.4, 0.5) is 5.69 Å². The number of anilines is 1. The number of rotatable bonds is 4. The third-order valence-electron chi connectivity index (χ3n) is 2.94. The number of nitrogens with one attached hydrogen (secondary N) is 1. The van der Waals surface area contributed by atoms with Crippen molar-refractivity contribution in [3.05, 3.63) is 62.5 Å². The number of carbonyl (C=O) groups is 1. The smallest absolute Gasteiger partial charge is 0.266 e. The minimum absolute atomic E-state index is 0.0165. The molecule has 0 unspecified atom stereocenters. The highest BCUT2D eigenvalue weighted by molar-refractivity contribution is 9.11. The number of carbonyl (C=O) groups excluding carboxylic acids is 1. The van der Waals surface area contributed by atoms with E-state index in [0.29, 0.717) is 17.0 Å². The summed E-state index contributed by atoms with van der Waals surface area (Å²) in [5, 5.41) is 12.0. The van der Waals surface area contributed by atoms with Gasteiger partial charge in [-0.1, -0.05) is 34.1 Å². The first-order valence-electron chi connectivity index (χ1n) is 6.56. The highest BCUT2D eigenvalue weighted by atomic mass is 79.9. The molecule has 0 aliphatic rings. The van der Waals surface area contributed by atoms with E-state index >= 15 is 0 Å². The van der Waals surface area contributed by atoms with Crippen molar-refractivity contribution in [1.29, 1.82) is 5.26 Å². The molecule has 2 aromatic carbocycles. The molecule has 0 aliphatic heterocycles. The quantitative estimate of drug-likeness (QED) is 0.555. The molecule has 0 spiro atoms. The van der Waals surface area contributed by atoms with Crippen LogP contribution in [0.3, 0.4) is 0 Å². The van der Waals surface area contributed by atoms with Crippen molar-refractivity contribution in [3.8, 4) is 11.8 Å². The maximum absolute atomic E-state index is 12.3. The van der Waals surface area contributed by atoms with Crippen molar-refractivity contribution in [2.24, 2.45) is 0 Å². The van der Waals surface area contributed by atoms with Crippen molar-refractivity contribution in [2.45, 2.75) is 0 Å². The number of hydrogen-bond acceptors (Lipinski definition) is 3. The predicted molar refractivity (Wildman–Crippen MR) is 97.1 cm³/mol. The molecule has 23 heavy (non-hydrogen) atoms. The second kappa shape index (κ2) is 7.95. The van der Waals surface area contributed by atoms with E-state index in [0.717, 1.165) is 8.95 Å². The molecule has 0 atom stereocenters. The summed E-state index contributed by atoms with van der Waals surface area (Å²) < 4.78 is 6.85. The minimum atomic E-state index is -0.475. The first-order valence-corrected chi connectivity index (χ1v) is 8.15. The average molecular weight is 436 g/mol. The first kappa shape index (κ1) is 17.3. The zero-order chi connectivity index (χ0) is 16.8. The third-order valence-corrected chi connectivity index (χ3v) is 3.98. The van der Waals surface area contributed by atoms with Gasteiger partial charge in [-0.2, -0.15) is 5.26 Å². The van der Waals surface area contributed by atoms with Gasteiger partial charge in [-0.15, -0.1) is 0 Å². The maximum Gasteiger partial charge on any atom is 0.266 e. The molecule has 6 heteroatoms. The van der Waals surface area contributed by atoms with Gasteiger partial charge in [-0.3, -0.25) is 4.79 Å². The number of ether oxygens (including phenoxy) is 1. The van der Waals surface area contributed by atoms with Crippen LogP contribution >= 0.6 is 31.9 Å². The summed E-state index contributed by atoms with van der Waals surface area (Å²) in [6, 6.07) is 14.5. The van der Waals surface area contributed by atoms with Crippen molar-refractivity contribution >= 4 is 49.5 Å². The highest BCUT2D eigenvalue weighted by Crippen LogP contribution is 2.34. The number of nitrogens with zero attached hydrogens (tertiary/aromatic N) is 1. The fraction of sp³-hybridized carbons (Fsp3) is 0.0588. The van der Waals surface area contributed by atoms with Gasteiger partial charge in [0.15, 0.2) is 0 Å². The van der Waals surface area contributed by atoms with Crippen LogP contribution < -0.4 is 10.1 Å². The Bertz CT molecular complexity index is 796. The monoisotopic (exact) mass is 434 g/mol. The zero-order valence-electron chi connectivity index (χ0n) is 12.1. The number of para-hydroxylation sites is 1. The van der Waals surface area contributed by atoms with Crippen LogP contribution in [0.2, 0.25) is 0 Å². The van der Waals surface area contributed by atoms with Gasteiger partial charge in [0.25, 0.3) is 5.91 Å². The van der Waals surface area contributed by atoms with E-state index < -0.39 is 5.91 Å². The van der Waals surface area contributed by atoms with Crippen LogP contribution in [0, 0.1) is 11.3 Å². The number of nitriles is 1. The summed E-state index contributed by atoms with van der Waals surface area (Å²) in [6.45, 7) is 0. The Labute approximate surface area is 151 Å². The number of methoxy groups -OCH3 is 1.